The number of hydrogen-bond donors (Lipinski definition) is 1. The van der Waals surface area contributed by atoms with Crippen LogP contribution in [0, 0.1) is 11.3 Å². The summed E-state index contributed by atoms with van der Waals surface area (Å²) in [6.07, 6.45) is 4.22. The molecular weight excluding hydrogens is 226 g/mol. The molecule has 1 aromatic rings. The van der Waals surface area contributed by atoms with Crippen LogP contribution < -0.4 is 0 Å². The van der Waals surface area contributed by atoms with Crippen molar-refractivity contribution in [3.63, 3.8) is 0 Å². The Balaban J connectivity index is 2.17. The van der Waals surface area contributed by atoms with E-state index in [4.69, 9.17) is 11.6 Å². The lowest BCUT2D eigenvalue weighted by Crippen LogP contribution is -2.32. The highest BCUT2D eigenvalue weighted by Crippen LogP contribution is 2.47. The van der Waals surface area contributed by atoms with Crippen molar-refractivity contribution in [2.24, 2.45) is 11.3 Å². The minimum atomic E-state index is -0.718. The van der Waals surface area contributed by atoms with Crippen molar-refractivity contribution in [2.45, 2.75) is 26.2 Å². The van der Waals surface area contributed by atoms with E-state index in [1.165, 1.54) is 0 Å². The first kappa shape index (κ1) is 11.4. The summed E-state index contributed by atoms with van der Waals surface area (Å²) in [5, 5.41) is 9.75. The van der Waals surface area contributed by atoms with Crippen LogP contribution in [0.15, 0.2) is 18.3 Å². The van der Waals surface area contributed by atoms with Crippen molar-refractivity contribution in [3.05, 3.63) is 29.0 Å². The SMILES string of the molecule is CC(Cc1ccc(Cl)nc1)(C(=O)O)C1CC1. The van der Waals surface area contributed by atoms with Gasteiger partial charge in [-0.25, -0.2) is 4.98 Å². The molecule has 0 saturated heterocycles. The van der Waals surface area contributed by atoms with Gasteiger partial charge in [-0.2, -0.15) is 0 Å². The van der Waals surface area contributed by atoms with Gasteiger partial charge in [0.05, 0.1) is 5.41 Å². The summed E-state index contributed by atoms with van der Waals surface area (Å²) < 4.78 is 0. The van der Waals surface area contributed by atoms with Crippen LogP contribution in [-0.2, 0) is 11.2 Å². The van der Waals surface area contributed by atoms with Gasteiger partial charge in [-0.15, -0.1) is 0 Å². The van der Waals surface area contributed by atoms with Crippen molar-refractivity contribution in [1.29, 1.82) is 0 Å². The molecule has 1 aliphatic carbocycles. The quantitative estimate of drug-likeness (QED) is 0.822. The molecule has 1 saturated carbocycles. The molecule has 1 atom stereocenters. The van der Waals surface area contributed by atoms with Gasteiger partial charge in [0.2, 0.25) is 0 Å². The third kappa shape index (κ3) is 2.19. The number of hydrogen-bond acceptors (Lipinski definition) is 2. The van der Waals surface area contributed by atoms with E-state index in [9.17, 15) is 9.90 Å². The third-order valence-corrected chi connectivity index (χ3v) is 3.55. The number of carboxylic acid groups (broad SMARTS) is 1. The minimum Gasteiger partial charge on any atom is -0.481 e. The average Bonchev–Trinajstić information content (AvgIpc) is 3.04. The first-order chi connectivity index (χ1) is 7.52. The van der Waals surface area contributed by atoms with Gasteiger partial charge in [0.1, 0.15) is 5.15 Å². The van der Waals surface area contributed by atoms with Crippen molar-refractivity contribution < 1.29 is 9.90 Å². The van der Waals surface area contributed by atoms with Gasteiger partial charge in [-0.1, -0.05) is 17.7 Å². The molecule has 0 aromatic carbocycles. The lowest BCUT2D eigenvalue weighted by atomic mass is 9.79. The van der Waals surface area contributed by atoms with Gasteiger partial charge in [-0.3, -0.25) is 4.79 Å². The van der Waals surface area contributed by atoms with Gasteiger partial charge in [0, 0.05) is 6.20 Å². The van der Waals surface area contributed by atoms with Crippen LogP contribution in [0.3, 0.4) is 0 Å². The van der Waals surface area contributed by atoms with Crippen LogP contribution in [0.1, 0.15) is 25.3 Å². The third-order valence-electron chi connectivity index (χ3n) is 3.33. The van der Waals surface area contributed by atoms with Gasteiger partial charge < -0.3 is 5.11 Å². The summed E-state index contributed by atoms with van der Waals surface area (Å²) in [5.41, 5.74) is 0.274. The van der Waals surface area contributed by atoms with E-state index in [-0.39, 0.29) is 0 Å². The lowest BCUT2D eigenvalue weighted by molar-refractivity contribution is -0.149. The van der Waals surface area contributed by atoms with Crippen molar-refractivity contribution >= 4 is 17.6 Å². The summed E-state index contributed by atoms with van der Waals surface area (Å²) in [6, 6.07) is 3.55. The normalized spacial score (nSPS) is 19.1. The minimum absolute atomic E-state index is 0.306. The Bertz CT molecular complexity index is 400. The number of nitrogens with zero attached hydrogens (tertiary/aromatic N) is 1. The molecule has 16 heavy (non-hydrogen) atoms. The number of aliphatic carboxylic acids is 1. The topological polar surface area (TPSA) is 50.2 Å². The highest BCUT2D eigenvalue weighted by molar-refractivity contribution is 6.29. The summed E-state index contributed by atoms with van der Waals surface area (Å²) >= 11 is 5.69. The Labute approximate surface area is 99.5 Å². The van der Waals surface area contributed by atoms with Crippen LogP contribution in [-0.4, -0.2) is 16.1 Å². The second-order valence-corrected chi connectivity index (χ2v) is 5.05. The number of halogens is 1. The number of carbonyl (C=O) groups is 1. The van der Waals surface area contributed by atoms with Crippen LogP contribution >= 0.6 is 11.6 Å². The van der Waals surface area contributed by atoms with Crippen LogP contribution in [0.2, 0.25) is 5.15 Å². The van der Waals surface area contributed by atoms with Crippen LogP contribution in [0.25, 0.3) is 0 Å². The molecule has 1 aliphatic rings. The zero-order chi connectivity index (χ0) is 11.8. The van der Waals surface area contributed by atoms with Crippen molar-refractivity contribution in [2.75, 3.05) is 0 Å². The maximum absolute atomic E-state index is 11.3. The fourth-order valence-corrected chi connectivity index (χ4v) is 2.16. The number of rotatable bonds is 4. The molecule has 4 heteroatoms. The Morgan fingerprint density at radius 2 is 2.31 bits per heavy atom. The molecule has 86 valence electrons. The van der Waals surface area contributed by atoms with E-state index < -0.39 is 11.4 Å². The van der Waals surface area contributed by atoms with E-state index in [0.717, 1.165) is 18.4 Å². The average molecular weight is 240 g/mol. The summed E-state index contributed by atoms with van der Waals surface area (Å²) in [7, 11) is 0. The van der Waals surface area contributed by atoms with Gasteiger partial charge in [-0.05, 0) is 43.7 Å². The zero-order valence-corrected chi connectivity index (χ0v) is 9.87. The Morgan fingerprint density at radius 3 is 2.75 bits per heavy atom. The molecule has 0 spiro atoms. The van der Waals surface area contributed by atoms with Gasteiger partial charge >= 0.3 is 5.97 Å². The maximum Gasteiger partial charge on any atom is 0.309 e. The lowest BCUT2D eigenvalue weighted by Gasteiger charge is -2.24. The fraction of sp³-hybridized carbons (Fsp3) is 0.500. The second-order valence-electron chi connectivity index (χ2n) is 4.66. The van der Waals surface area contributed by atoms with Crippen LogP contribution in [0.5, 0.6) is 0 Å². The molecule has 0 bridgehead atoms. The predicted octanol–water partition coefficient (Wildman–Crippen LogP) is 2.78. The first-order valence-electron chi connectivity index (χ1n) is 5.36. The largest absolute Gasteiger partial charge is 0.481 e. The van der Waals surface area contributed by atoms with Crippen LogP contribution in [0.4, 0.5) is 0 Å². The van der Waals surface area contributed by atoms with E-state index in [2.05, 4.69) is 4.98 Å². The standard InChI is InChI=1S/C12H14ClNO2/c1-12(11(15)16,9-3-4-9)6-8-2-5-10(13)14-7-8/h2,5,7,9H,3-4,6H2,1H3,(H,15,16). The molecule has 0 amide bonds. The molecule has 1 fully saturated rings. The van der Waals surface area contributed by atoms with E-state index >= 15 is 0 Å². The highest BCUT2D eigenvalue weighted by atomic mass is 35.5. The Hall–Kier alpha value is -1.09. The summed E-state index contributed by atoms with van der Waals surface area (Å²) in [4.78, 5) is 15.3. The fourth-order valence-electron chi connectivity index (χ4n) is 2.05. The number of pyridine rings is 1. The van der Waals surface area contributed by atoms with Gasteiger partial charge in [0.25, 0.3) is 0 Å². The van der Waals surface area contributed by atoms with Gasteiger partial charge in [0.15, 0.2) is 0 Å². The zero-order valence-electron chi connectivity index (χ0n) is 9.11. The van der Waals surface area contributed by atoms with E-state index in [0.29, 0.717) is 17.5 Å². The number of carboxylic acids is 1. The van der Waals surface area contributed by atoms with E-state index in [1.807, 2.05) is 13.0 Å². The van der Waals surface area contributed by atoms with Crippen molar-refractivity contribution in [3.8, 4) is 0 Å². The predicted molar refractivity (Wildman–Crippen MR) is 61.4 cm³/mol. The molecular formula is C12H14ClNO2. The Morgan fingerprint density at radius 1 is 1.62 bits per heavy atom. The Kier molecular flexibility index (Phi) is 2.89. The first-order valence-corrected chi connectivity index (χ1v) is 5.74. The molecule has 1 aromatic heterocycles. The number of aromatic nitrogens is 1. The highest BCUT2D eigenvalue weighted by Gasteiger charge is 2.47. The smallest absolute Gasteiger partial charge is 0.309 e. The van der Waals surface area contributed by atoms with Crippen molar-refractivity contribution in [1.82, 2.24) is 4.98 Å². The molecule has 2 rings (SSSR count). The molecule has 1 N–H and O–H groups in total. The molecule has 0 radical (unpaired) electrons. The second kappa shape index (κ2) is 4.06. The van der Waals surface area contributed by atoms with E-state index in [1.54, 1.807) is 12.3 Å². The summed E-state index contributed by atoms with van der Waals surface area (Å²) in [6.45, 7) is 1.82. The molecule has 1 unspecified atom stereocenters. The molecule has 0 aliphatic heterocycles. The summed E-state index contributed by atoms with van der Waals surface area (Å²) in [5.74, 6) is -0.411. The molecule has 3 nitrogen and oxygen atoms in total. The maximum atomic E-state index is 11.3. The monoisotopic (exact) mass is 239 g/mol. The molecule has 1 heterocycles.